The molecule has 0 spiro atoms. The summed E-state index contributed by atoms with van der Waals surface area (Å²) < 4.78 is 0.698. The number of rotatable bonds is 4. The lowest BCUT2D eigenvalue weighted by atomic mass is 10.2. The summed E-state index contributed by atoms with van der Waals surface area (Å²) >= 11 is 8.82. The maximum atomic E-state index is 12.3. The van der Waals surface area contributed by atoms with Crippen LogP contribution in [0.15, 0.2) is 17.5 Å². The lowest BCUT2D eigenvalue weighted by molar-refractivity contribution is -0.148. The maximum Gasteiger partial charge on any atom is 0.326 e. The van der Waals surface area contributed by atoms with Crippen molar-refractivity contribution in [2.45, 2.75) is 25.3 Å². The summed E-state index contributed by atoms with van der Waals surface area (Å²) in [6.07, 6.45) is 1.40. The Balaban J connectivity index is 1.70. The van der Waals surface area contributed by atoms with Crippen molar-refractivity contribution in [1.29, 1.82) is 0 Å². The van der Waals surface area contributed by atoms with E-state index in [0.717, 1.165) is 16.3 Å². The van der Waals surface area contributed by atoms with Gasteiger partial charge in [-0.05, 0) is 25.0 Å². The molecule has 0 aromatic carbocycles. The minimum Gasteiger partial charge on any atom is -0.480 e. The lowest BCUT2D eigenvalue weighted by Gasteiger charge is -2.20. The number of aromatic nitrogens is 1. The summed E-state index contributed by atoms with van der Waals surface area (Å²) in [5, 5.41) is 11.8. The SMILES string of the molecule is O=C(O)[C@@H]1CCCN1C(=O)Cc1csc(-c2ccc(Cl)s2)n1. The summed E-state index contributed by atoms with van der Waals surface area (Å²) in [7, 11) is 0. The fourth-order valence-electron chi connectivity index (χ4n) is 2.51. The van der Waals surface area contributed by atoms with Gasteiger partial charge in [0.2, 0.25) is 5.91 Å². The number of amides is 1. The Morgan fingerprint density at radius 1 is 1.45 bits per heavy atom. The number of halogens is 1. The van der Waals surface area contributed by atoms with Crippen LogP contribution in [0.1, 0.15) is 18.5 Å². The van der Waals surface area contributed by atoms with Crippen molar-refractivity contribution in [3.8, 4) is 9.88 Å². The first kappa shape index (κ1) is 15.5. The predicted molar refractivity (Wildman–Crippen MR) is 86.5 cm³/mol. The van der Waals surface area contributed by atoms with Crippen molar-refractivity contribution >= 4 is 46.2 Å². The Bertz CT molecular complexity index is 713. The van der Waals surface area contributed by atoms with E-state index in [9.17, 15) is 9.59 Å². The number of thiazole rings is 1. The van der Waals surface area contributed by atoms with Gasteiger partial charge in [0.1, 0.15) is 11.0 Å². The van der Waals surface area contributed by atoms with E-state index in [1.165, 1.54) is 27.6 Å². The zero-order valence-electron chi connectivity index (χ0n) is 11.5. The average Bonchev–Trinajstić information content (AvgIpc) is 3.16. The van der Waals surface area contributed by atoms with E-state index >= 15 is 0 Å². The maximum absolute atomic E-state index is 12.3. The number of carboxylic acids is 1. The fraction of sp³-hybridized carbons (Fsp3) is 0.357. The highest BCUT2D eigenvalue weighted by atomic mass is 35.5. The third kappa shape index (κ3) is 3.16. The molecule has 1 atom stereocenters. The van der Waals surface area contributed by atoms with Gasteiger partial charge >= 0.3 is 5.97 Å². The molecule has 1 saturated heterocycles. The number of aliphatic carboxylic acids is 1. The fourth-order valence-corrected chi connectivity index (χ4v) is 4.44. The molecule has 8 heteroatoms. The van der Waals surface area contributed by atoms with Crippen LogP contribution in [-0.2, 0) is 16.0 Å². The normalized spacial score (nSPS) is 17.9. The molecule has 116 valence electrons. The van der Waals surface area contributed by atoms with E-state index in [2.05, 4.69) is 4.98 Å². The van der Waals surface area contributed by atoms with Gasteiger partial charge in [-0.2, -0.15) is 0 Å². The van der Waals surface area contributed by atoms with Crippen LogP contribution in [0.25, 0.3) is 9.88 Å². The highest BCUT2D eigenvalue weighted by Crippen LogP contribution is 2.33. The molecule has 3 heterocycles. The van der Waals surface area contributed by atoms with Crippen LogP contribution in [0.3, 0.4) is 0 Å². The molecule has 0 unspecified atom stereocenters. The van der Waals surface area contributed by atoms with Crippen LogP contribution in [0.4, 0.5) is 0 Å². The molecule has 0 radical (unpaired) electrons. The summed E-state index contributed by atoms with van der Waals surface area (Å²) in [5.41, 5.74) is 0.672. The van der Waals surface area contributed by atoms with Gasteiger partial charge in [-0.15, -0.1) is 22.7 Å². The molecule has 1 fully saturated rings. The smallest absolute Gasteiger partial charge is 0.326 e. The number of thiophene rings is 1. The topological polar surface area (TPSA) is 70.5 Å². The summed E-state index contributed by atoms with van der Waals surface area (Å²) in [6.45, 7) is 0.507. The second-order valence-electron chi connectivity index (χ2n) is 5.01. The molecule has 0 bridgehead atoms. The van der Waals surface area contributed by atoms with Crippen LogP contribution in [0, 0.1) is 0 Å². The number of hydrogen-bond acceptors (Lipinski definition) is 5. The van der Waals surface area contributed by atoms with Crippen molar-refractivity contribution in [2.75, 3.05) is 6.54 Å². The van der Waals surface area contributed by atoms with Gasteiger partial charge in [0, 0.05) is 11.9 Å². The first-order chi connectivity index (χ1) is 10.5. The Hall–Kier alpha value is -1.44. The Morgan fingerprint density at radius 3 is 2.95 bits per heavy atom. The summed E-state index contributed by atoms with van der Waals surface area (Å²) in [6, 6.07) is 3.02. The highest BCUT2D eigenvalue weighted by Gasteiger charge is 2.33. The monoisotopic (exact) mass is 356 g/mol. The number of nitrogens with zero attached hydrogens (tertiary/aromatic N) is 2. The number of likely N-dealkylation sites (tertiary alicyclic amines) is 1. The van der Waals surface area contributed by atoms with Crippen molar-refractivity contribution in [3.63, 3.8) is 0 Å². The third-order valence-corrected chi connectivity index (χ3v) is 5.82. The second-order valence-corrected chi connectivity index (χ2v) is 7.58. The molecule has 5 nitrogen and oxygen atoms in total. The largest absolute Gasteiger partial charge is 0.480 e. The van der Waals surface area contributed by atoms with Crippen LogP contribution in [0.2, 0.25) is 4.34 Å². The van der Waals surface area contributed by atoms with Crippen LogP contribution in [-0.4, -0.2) is 39.5 Å². The summed E-state index contributed by atoms with van der Waals surface area (Å²) in [5.74, 6) is -1.11. The molecule has 0 aliphatic carbocycles. The zero-order chi connectivity index (χ0) is 15.7. The van der Waals surface area contributed by atoms with Gasteiger partial charge in [-0.1, -0.05) is 11.6 Å². The van der Waals surface area contributed by atoms with Gasteiger partial charge in [-0.25, -0.2) is 9.78 Å². The van der Waals surface area contributed by atoms with Gasteiger partial charge in [0.15, 0.2) is 0 Å². The molecule has 1 aliphatic rings. The van der Waals surface area contributed by atoms with Gasteiger partial charge in [0.05, 0.1) is 21.3 Å². The lowest BCUT2D eigenvalue weighted by Crippen LogP contribution is -2.41. The summed E-state index contributed by atoms with van der Waals surface area (Å²) in [4.78, 5) is 30.3. The predicted octanol–water partition coefficient (Wildman–Crippen LogP) is 3.14. The van der Waals surface area contributed by atoms with Crippen molar-refractivity contribution < 1.29 is 14.7 Å². The van der Waals surface area contributed by atoms with Crippen molar-refractivity contribution in [2.24, 2.45) is 0 Å². The molecule has 1 amide bonds. The Kier molecular flexibility index (Phi) is 4.46. The molecule has 1 aliphatic heterocycles. The van der Waals surface area contributed by atoms with E-state index in [1.54, 1.807) is 0 Å². The Labute approximate surface area is 140 Å². The van der Waals surface area contributed by atoms with E-state index in [0.29, 0.717) is 23.0 Å². The standard InChI is InChI=1S/C14H13ClN2O3S2/c15-11-4-3-10(22-11)13-16-8(7-21-13)6-12(18)17-5-1-2-9(17)14(19)20/h3-4,7,9H,1-2,5-6H2,(H,19,20)/t9-/m0/s1. The van der Waals surface area contributed by atoms with Crippen LogP contribution < -0.4 is 0 Å². The molecule has 1 N–H and O–H groups in total. The Morgan fingerprint density at radius 2 is 2.27 bits per heavy atom. The molecule has 2 aromatic heterocycles. The number of carboxylic acid groups (broad SMARTS) is 1. The first-order valence-corrected chi connectivity index (χ1v) is 8.84. The van der Waals surface area contributed by atoms with Crippen LogP contribution >= 0.6 is 34.3 Å². The van der Waals surface area contributed by atoms with Crippen molar-refractivity contribution in [3.05, 3.63) is 27.5 Å². The molecule has 0 saturated carbocycles. The molecular weight excluding hydrogens is 344 g/mol. The van der Waals surface area contributed by atoms with E-state index in [4.69, 9.17) is 16.7 Å². The van der Waals surface area contributed by atoms with E-state index in [-0.39, 0.29) is 12.3 Å². The van der Waals surface area contributed by atoms with Gasteiger partial charge < -0.3 is 10.0 Å². The van der Waals surface area contributed by atoms with E-state index < -0.39 is 12.0 Å². The minimum absolute atomic E-state index is 0.138. The highest BCUT2D eigenvalue weighted by molar-refractivity contribution is 7.23. The molecule has 3 rings (SSSR count). The van der Waals surface area contributed by atoms with Gasteiger partial charge in [0.25, 0.3) is 0 Å². The van der Waals surface area contributed by atoms with E-state index in [1.807, 2.05) is 17.5 Å². The number of carbonyl (C=O) groups is 2. The second kappa shape index (κ2) is 6.36. The molecular formula is C14H13ClN2O3S2. The minimum atomic E-state index is -0.932. The average molecular weight is 357 g/mol. The number of hydrogen-bond donors (Lipinski definition) is 1. The third-order valence-electron chi connectivity index (χ3n) is 3.53. The first-order valence-electron chi connectivity index (χ1n) is 6.77. The zero-order valence-corrected chi connectivity index (χ0v) is 13.9. The molecule has 22 heavy (non-hydrogen) atoms. The van der Waals surface area contributed by atoms with Gasteiger partial charge in [-0.3, -0.25) is 4.79 Å². The quantitative estimate of drug-likeness (QED) is 0.913. The van der Waals surface area contributed by atoms with Crippen LogP contribution in [0.5, 0.6) is 0 Å². The number of carbonyl (C=O) groups excluding carboxylic acids is 1. The molecule has 2 aromatic rings. The van der Waals surface area contributed by atoms with Crippen molar-refractivity contribution in [1.82, 2.24) is 9.88 Å².